The largest absolute Gasteiger partial charge is 0.497 e. The zero-order valence-electron chi connectivity index (χ0n) is 11.8. The minimum atomic E-state index is -0.941. The first-order valence-electron chi connectivity index (χ1n) is 6.87. The Morgan fingerprint density at radius 2 is 2.19 bits per heavy atom. The number of aliphatic carboxylic acids is 1. The van der Waals surface area contributed by atoms with Crippen LogP contribution in [-0.2, 0) is 16.0 Å². The summed E-state index contributed by atoms with van der Waals surface area (Å²) in [5.41, 5.74) is 0.678. The first kappa shape index (κ1) is 15.6. The zero-order valence-corrected chi connectivity index (χ0v) is 12.6. The van der Waals surface area contributed by atoms with Crippen LogP contribution < -0.4 is 4.74 Å². The maximum absolute atomic E-state index is 12.4. The molecule has 0 bridgehead atoms. The molecule has 1 aliphatic heterocycles. The van der Waals surface area contributed by atoms with E-state index in [2.05, 4.69) is 0 Å². The third kappa shape index (κ3) is 3.67. The lowest BCUT2D eigenvalue weighted by molar-refractivity contribution is -0.151. The van der Waals surface area contributed by atoms with E-state index in [1.165, 1.54) is 4.90 Å². The molecule has 1 aliphatic rings. The number of piperidine rings is 1. The van der Waals surface area contributed by atoms with Crippen molar-refractivity contribution >= 4 is 23.5 Å². The highest BCUT2D eigenvalue weighted by atomic mass is 35.5. The van der Waals surface area contributed by atoms with E-state index in [-0.39, 0.29) is 12.3 Å². The van der Waals surface area contributed by atoms with Crippen LogP contribution in [0.4, 0.5) is 0 Å². The Bertz CT molecular complexity index is 546. The number of carboxylic acid groups (broad SMARTS) is 1. The molecule has 114 valence electrons. The van der Waals surface area contributed by atoms with Crippen LogP contribution in [0.3, 0.4) is 0 Å². The van der Waals surface area contributed by atoms with Gasteiger partial charge in [-0.05, 0) is 37.0 Å². The molecule has 0 aromatic heterocycles. The monoisotopic (exact) mass is 311 g/mol. The van der Waals surface area contributed by atoms with Crippen LogP contribution in [0.25, 0.3) is 0 Å². The van der Waals surface area contributed by atoms with E-state index in [1.54, 1.807) is 25.3 Å². The summed E-state index contributed by atoms with van der Waals surface area (Å²) < 4.78 is 5.06. The molecule has 0 unspecified atom stereocenters. The molecule has 1 fully saturated rings. The number of benzene rings is 1. The van der Waals surface area contributed by atoms with Gasteiger partial charge in [-0.15, -0.1) is 0 Å². The second kappa shape index (κ2) is 6.80. The van der Waals surface area contributed by atoms with Crippen molar-refractivity contribution in [1.82, 2.24) is 4.90 Å². The fourth-order valence-electron chi connectivity index (χ4n) is 2.55. The Kier molecular flexibility index (Phi) is 5.07. The smallest absolute Gasteiger partial charge is 0.326 e. The number of nitrogens with zero attached hydrogens (tertiary/aromatic N) is 1. The normalized spacial score (nSPS) is 18.4. The Morgan fingerprint density at radius 3 is 2.81 bits per heavy atom. The molecule has 5 nitrogen and oxygen atoms in total. The first-order chi connectivity index (χ1) is 10.0. The van der Waals surface area contributed by atoms with Crippen LogP contribution in [0.1, 0.15) is 24.8 Å². The van der Waals surface area contributed by atoms with Gasteiger partial charge in [-0.25, -0.2) is 4.79 Å². The Labute approximate surface area is 128 Å². The van der Waals surface area contributed by atoms with Gasteiger partial charge < -0.3 is 14.7 Å². The van der Waals surface area contributed by atoms with E-state index in [1.807, 2.05) is 0 Å². The average Bonchev–Trinajstić information content (AvgIpc) is 2.49. The molecule has 6 heteroatoms. The quantitative estimate of drug-likeness (QED) is 0.927. The molecule has 2 rings (SSSR count). The number of hydrogen-bond acceptors (Lipinski definition) is 3. The maximum atomic E-state index is 12.4. The summed E-state index contributed by atoms with van der Waals surface area (Å²) in [7, 11) is 1.54. The van der Waals surface area contributed by atoms with E-state index in [0.717, 1.165) is 12.8 Å². The molecule has 1 N–H and O–H groups in total. The molecule has 1 aromatic carbocycles. The molecular weight excluding hydrogens is 294 g/mol. The van der Waals surface area contributed by atoms with E-state index in [0.29, 0.717) is 29.3 Å². The van der Waals surface area contributed by atoms with Crippen LogP contribution in [0.15, 0.2) is 18.2 Å². The minimum absolute atomic E-state index is 0.104. The number of ether oxygens (including phenoxy) is 1. The van der Waals surface area contributed by atoms with Crippen LogP contribution >= 0.6 is 11.6 Å². The lowest BCUT2D eigenvalue weighted by atomic mass is 10.0. The third-order valence-electron chi connectivity index (χ3n) is 3.71. The van der Waals surface area contributed by atoms with Crippen molar-refractivity contribution < 1.29 is 19.4 Å². The van der Waals surface area contributed by atoms with Crippen molar-refractivity contribution in [3.05, 3.63) is 28.8 Å². The molecule has 0 saturated carbocycles. The first-order valence-corrected chi connectivity index (χ1v) is 7.25. The highest BCUT2D eigenvalue weighted by molar-refractivity contribution is 6.31. The number of carbonyl (C=O) groups excluding carboxylic acids is 1. The van der Waals surface area contributed by atoms with Crippen molar-refractivity contribution in [1.29, 1.82) is 0 Å². The molecule has 1 atom stereocenters. The van der Waals surface area contributed by atoms with Crippen molar-refractivity contribution in [3.8, 4) is 5.75 Å². The Balaban J connectivity index is 2.11. The predicted molar refractivity (Wildman–Crippen MR) is 78.7 cm³/mol. The molecular formula is C15H18ClNO4. The molecule has 1 aromatic rings. The van der Waals surface area contributed by atoms with Gasteiger partial charge in [0.15, 0.2) is 0 Å². The minimum Gasteiger partial charge on any atom is -0.497 e. The molecule has 0 radical (unpaired) electrons. The summed E-state index contributed by atoms with van der Waals surface area (Å²) in [5.74, 6) is -0.518. The number of hydrogen-bond donors (Lipinski definition) is 1. The van der Waals surface area contributed by atoms with E-state index in [4.69, 9.17) is 16.3 Å². The fraction of sp³-hybridized carbons (Fsp3) is 0.467. The van der Waals surface area contributed by atoms with Crippen LogP contribution in [-0.4, -0.2) is 41.6 Å². The number of likely N-dealkylation sites (tertiary alicyclic amines) is 1. The number of amides is 1. The van der Waals surface area contributed by atoms with Gasteiger partial charge in [-0.1, -0.05) is 17.7 Å². The predicted octanol–water partition coefficient (Wildman–Crippen LogP) is 2.36. The van der Waals surface area contributed by atoms with Gasteiger partial charge in [-0.3, -0.25) is 4.79 Å². The zero-order chi connectivity index (χ0) is 15.4. The number of rotatable bonds is 4. The molecule has 1 heterocycles. The maximum Gasteiger partial charge on any atom is 0.326 e. The van der Waals surface area contributed by atoms with Gasteiger partial charge in [0.2, 0.25) is 5.91 Å². The second-order valence-electron chi connectivity index (χ2n) is 5.07. The van der Waals surface area contributed by atoms with Gasteiger partial charge in [0.1, 0.15) is 11.8 Å². The lowest BCUT2D eigenvalue weighted by Gasteiger charge is -2.33. The number of halogens is 1. The molecule has 1 amide bonds. The number of carbonyl (C=O) groups is 2. The van der Waals surface area contributed by atoms with Crippen molar-refractivity contribution in [2.45, 2.75) is 31.7 Å². The topological polar surface area (TPSA) is 66.8 Å². The molecule has 0 spiro atoms. The molecule has 1 saturated heterocycles. The van der Waals surface area contributed by atoms with Crippen LogP contribution in [0.2, 0.25) is 5.02 Å². The van der Waals surface area contributed by atoms with E-state index < -0.39 is 12.0 Å². The van der Waals surface area contributed by atoms with Gasteiger partial charge in [0, 0.05) is 11.6 Å². The van der Waals surface area contributed by atoms with Gasteiger partial charge in [0.25, 0.3) is 0 Å². The van der Waals surface area contributed by atoms with Gasteiger partial charge in [0.05, 0.1) is 13.5 Å². The van der Waals surface area contributed by atoms with Crippen LogP contribution in [0.5, 0.6) is 5.75 Å². The summed E-state index contributed by atoms with van der Waals surface area (Å²) >= 11 is 6.12. The van der Waals surface area contributed by atoms with Gasteiger partial charge in [-0.2, -0.15) is 0 Å². The van der Waals surface area contributed by atoms with Crippen molar-refractivity contribution in [3.63, 3.8) is 0 Å². The fourth-order valence-corrected chi connectivity index (χ4v) is 2.79. The third-order valence-corrected chi connectivity index (χ3v) is 4.06. The van der Waals surface area contributed by atoms with Crippen LogP contribution in [0, 0.1) is 0 Å². The summed E-state index contributed by atoms with van der Waals surface area (Å²) in [6.07, 6.45) is 2.29. The SMILES string of the molecule is COc1ccc(CC(=O)N2CCCC[C@@H]2C(=O)O)c(Cl)c1. The standard InChI is InChI=1S/C15H18ClNO4/c1-21-11-6-5-10(12(16)9-11)8-14(18)17-7-3-2-4-13(17)15(19)20/h5-6,9,13H,2-4,7-8H2,1H3,(H,19,20)/t13-/m1/s1. The lowest BCUT2D eigenvalue weighted by Crippen LogP contribution is -2.48. The summed E-state index contributed by atoms with van der Waals surface area (Å²) in [6.45, 7) is 0.490. The van der Waals surface area contributed by atoms with Crippen molar-refractivity contribution in [2.75, 3.05) is 13.7 Å². The average molecular weight is 312 g/mol. The van der Waals surface area contributed by atoms with E-state index >= 15 is 0 Å². The molecule has 0 aliphatic carbocycles. The summed E-state index contributed by atoms with van der Waals surface area (Å²) in [4.78, 5) is 25.0. The Morgan fingerprint density at radius 1 is 1.43 bits per heavy atom. The second-order valence-corrected chi connectivity index (χ2v) is 5.48. The van der Waals surface area contributed by atoms with E-state index in [9.17, 15) is 14.7 Å². The molecule has 21 heavy (non-hydrogen) atoms. The van der Waals surface area contributed by atoms with Gasteiger partial charge >= 0.3 is 5.97 Å². The summed E-state index contributed by atoms with van der Waals surface area (Å²) in [6, 6.07) is 4.40. The number of carboxylic acids is 1. The van der Waals surface area contributed by atoms with Crippen molar-refractivity contribution in [2.24, 2.45) is 0 Å². The summed E-state index contributed by atoms with van der Waals surface area (Å²) in [5, 5.41) is 9.66. The highest BCUT2D eigenvalue weighted by Gasteiger charge is 2.31. The Hall–Kier alpha value is -1.75. The number of methoxy groups -OCH3 is 1. The highest BCUT2D eigenvalue weighted by Crippen LogP contribution is 2.24.